The van der Waals surface area contributed by atoms with E-state index in [1.54, 1.807) is 36.4 Å². The van der Waals surface area contributed by atoms with Crippen LogP contribution in [0.4, 0.5) is 0 Å². The standard InChI is InChI=1S/C16H14Cl2O4S/c1-23(20,21)10-11-4-2-5-12(8-11)16(19)22-9-13-14(17)6-3-7-15(13)18/h2-8H,9-10H2,1H3. The van der Waals surface area contributed by atoms with Crippen LogP contribution in [0.3, 0.4) is 0 Å². The van der Waals surface area contributed by atoms with Crippen LogP contribution in [0.25, 0.3) is 0 Å². The maximum Gasteiger partial charge on any atom is 0.338 e. The minimum absolute atomic E-state index is 0.0619. The van der Waals surface area contributed by atoms with Gasteiger partial charge in [0.15, 0.2) is 9.84 Å². The number of esters is 1. The highest BCUT2D eigenvalue weighted by Crippen LogP contribution is 2.25. The lowest BCUT2D eigenvalue weighted by molar-refractivity contribution is 0.0473. The van der Waals surface area contributed by atoms with Crippen LogP contribution < -0.4 is 0 Å². The highest BCUT2D eigenvalue weighted by Gasteiger charge is 2.13. The quantitative estimate of drug-likeness (QED) is 0.746. The molecule has 0 fully saturated rings. The summed E-state index contributed by atoms with van der Waals surface area (Å²) in [4.78, 5) is 12.1. The van der Waals surface area contributed by atoms with E-state index in [1.807, 2.05) is 0 Å². The van der Waals surface area contributed by atoms with Gasteiger partial charge in [-0.25, -0.2) is 13.2 Å². The summed E-state index contributed by atoms with van der Waals surface area (Å²) in [6.07, 6.45) is 1.14. The van der Waals surface area contributed by atoms with Crippen molar-refractivity contribution < 1.29 is 17.9 Å². The second kappa shape index (κ2) is 7.34. The fraction of sp³-hybridized carbons (Fsp3) is 0.188. The molecule has 23 heavy (non-hydrogen) atoms. The largest absolute Gasteiger partial charge is 0.457 e. The van der Waals surface area contributed by atoms with Crippen molar-refractivity contribution in [1.82, 2.24) is 0 Å². The zero-order valence-electron chi connectivity index (χ0n) is 12.3. The van der Waals surface area contributed by atoms with Crippen LogP contribution in [0, 0.1) is 0 Å². The molecule has 0 aliphatic rings. The maximum atomic E-state index is 12.1. The Morgan fingerprint density at radius 2 is 1.70 bits per heavy atom. The van der Waals surface area contributed by atoms with Gasteiger partial charge in [-0.3, -0.25) is 0 Å². The lowest BCUT2D eigenvalue weighted by Crippen LogP contribution is -2.07. The second-order valence-electron chi connectivity index (χ2n) is 5.05. The fourth-order valence-electron chi connectivity index (χ4n) is 1.98. The van der Waals surface area contributed by atoms with Gasteiger partial charge in [0.25, 0.3) is 0 Å². The number of ether oxygens (including phenoxy) is 1. The zero-order chi connectivity index (χ0) is 17.0. The van der Waals surface area contributed by atoms with E-state index in [0.717, 1.165) is 6.26 Å². The molecular formula is C16H14Cl2O4S. The summed E-state index contributed by atoms with van der Waals surface area (Å²) in [7, 11) is -3.17. The second-order valence-corrected chi connectivity index (χ2v) is 8.00. The number of carbonyl (C=O) groups excluding carboxylic acids is 1. The molecule has 0 amide bonds. The van der Waals surface area contributed by atoms with E-state index in [2.05, 4.69) is 0 Å². The molecule has 2 aromatic rings. The highest BCUT2D eigenvalue weighted by molar-refractivity contribution is 7.89. The number of halogens is 2. The Bertz CT molecular complexity index is 811. The van der Waals surface area contributed by atoms with Gasteiger partial charge in [-0.15, -0.1) is 0 Å². The van der Waals surface area contributed by atoms with Gasteiger partial charge in [-0.1, -0.05) is 41.4 Å². The molecule has 4 nitrogen and oxygen atoms in total. The van der Waals surface area contributed by atoms with Crippen molar-refractivity contribution in [2.24, 2.45) is 0 Å². The van der Waals surface area contributed by atoms with E-state index in [-0.39, 0.29) is 17.9 Å². The first-order chi connectivity index (χ1) is 10.8. The molecule has 0 bridgehead atoms. The van der Waals surface area contributed by atoms with Gasteiger partial charge in [0.1, 0.15) is 6.61 Å². The molecule has 2 rings (SSSR count). The van der Waals surface area contributed by atoms with Gasteiger partial charge in [-0.2, -0.15) is 0 Å². The summed E-state index contributed by atoms with van der Waals surface area (Å²) in [5.74, 6) is -0.707. The lowest BCUT2D eigenvalue weighted by atomic mass is 10.1. The molecule has 7 heteroatoms. The van der Waals surface area contributed by atoms with Crippen molar-refractivity contribution >= 4 is 39.0 Å². The van der Waals surface area contributed by atoms with E-state index in [1.165, 1.54) is 6.07 Å². The zero-order valence-corrected chi connectivity index (χ0v) is 14.6. The third-order valence-corrected chi connectivity index (χ3v) is 4.57. The van der Waals surface area contributed by atoms with Crippen LogP contribution in [0.2, 0.25) is 10.0 Å². The molecule has 2 aromatic carbocycles. The maximum absolute atomic E-state index is 12.1. The predicted octanol–water partition coefficient (Wildman–Crippen LogP) is 3.90. The molecular weight excluding hydrogens is 359 g/mol. The van der Waals surface area contributed by atoms with Crippen LogP contribution in [-0.2, 0) is 26.9 Å². The Balaban J connectivity index is 2.11. The molecule has 0 aliphatic carbocycles. The Morgan fingerprint density at radius 1 is 1.09 bits per heavy atom. The summed E-state index contributed by atoms with van der Waals surface area (Å²) >= 11 is 12.0. The molecule has 0 spiro atoms. The predicted molar refractivity (Wildman–Crippen MR) is 90.6 cm³/mol. The number of hydrogen-bond acceptors (Lipinski definition) is 4. The molecule has 0 aliphatic heterocycles. The van der Waals surface area contributed by atoms with Crippen LogP contribution in [-0.4, -0.2) is 20.6 Å². The van der Waals surface area contributed by atoms with Gasteiger partial charge in [0.05, 0.1) is 11.3 Å². The molecule has 0 saturated carbocycles. The monoisotopic (exact) mass is 372 g/mol. The van der Waals surface area contributed by atoms with Crippen molar-refractivity contribution in [3.05, 3.63) is 69.2 Å². The molecule has 0 N–H and O–H groups in total. The summed E-state index contributed by atoms with van der Waals surface area (Å²) in [6.45, 7) is -0.0619. The van der Waals surface area contributed by atoms with Crippen molar-refractivity contribution in [3.8, 4) is 0 Å². The van der Waals surface area contributed by atoms with E-state index in [0.29, 0.717) is 21.2 Å². The fourth-order valence-corrected chi connectivity index (χ4v) is 3.27. The molecule has 122 valence electrons. The molecule has 0 heterocycles. The van der Waals surface area contributed by atoms with E-state index < -0.39 is 15.8 Å². The minimum atomic E-state index is -3.17. The van der Waals surface area contributed by atoms with Crippen molar-refractivity contribution in [1.29, 1.82) is 0 Å². The van der Waals surface area contributed by atoms with E-state index in [9.17, 15) is 13.2 Å². The highest BCUT2D eigenvalue weighted by atomic mass is 35.5. The average Bonchev–Trinajstić information content (AvgIpc) is 2.45. The summed E-state index contributed by atoms with van der Waals surface area (Å²) < 4.78 is 27.8. The molecule has 0 saturated heterocycles. The van der Waals surface area contributed by atoms with Gasteiger partial charge in [-0.05, 0) is 29.8 Å². The van der Waals surface area contributed by atoms with Crippen molar-refractivity contribution in [2.75, 3.05) is 6.26 Å². The Morgan fingerprint density at radius 3 is 2.30 bits per heavy atom. The van der Waals surface area contributed by atoms with Crippen LogP contribution in [0.15, 0.2) is 42.5 Å². The Kier molecular flexibility index (Phi) is 5.68. The average molecular weight is 373 g/mol. The Hall–Kier alpha value is -1.56. The van der Waals surface area contributed by atoms with Gasteiger partial charge >= 0.3 is 5.97 Å². The number of sulfone groups is 1. The van der Waals surface area contributed by atoms with Crippen molar-refractivity contribution in [3.63, 3.8) is 0 Å². The normalized spacial score (nSPS) is 11.3. The first-order valence-corrected chi connectivity index (χ1v) is 9.44. The number of hydrogen-bond donors (Lipinski definition) is 0. The topological polar surface area (TPSA) is 60.4 Å². The van der Waals surface area contributed by atoms with Crippen LogP contribution >= 0.6 is 23.2 Å². The van der Waals surface area contributed by atoms with Gasteiger partial charge in [0.2, 0.25) is 0 Å². The third kappa shape index (κ3) is 5.23. The molecule has 0 unspecified atom stereocenters. The smallest absolute Gasteiger partial charge is 0.338 e. The molecule has 0 atom stereocenters. The first-order valence-electron chi connectivity index (χ1n) is 6.63. The van der Waals surface area contributed by atoms with Gasteiger partial charge in [0, 0.05) is 21.9 Å². The number of rotatable bonds is 5. The Labute approximate surface area is 144 Å². The van der Waals surface area contributed by atoms with Crippen LogP contribution in [0.5, 0.6) is 0 Å². The minimum Gasteiger partial charge on any atom is -0.457 e. The lowest BCUT2D eigenvalue weighted by Gasteiger charge is -2.09. The van der Waals surface area contributed by atoms with Gasteiger partial charge < -0.3 is 4.74 Å². The molecule has 0 radical (unpaired) electrons. The molecule has 0 aromatic heterocycles. The summed E-state index contributed by atoms with van der Waals surface area (Å²) in [6, 6.07) is 11.3. The third-order valence-electron chi connectivity index (χ3n) is 3.00. The summed E-state index contributed by atoms with van der Waals surface area (Å²) in [5, 5.41) is 0.826. The first kappa shape index (κ1) is 17.8. The number of carbonyl (C=O) groups is 1. The van der Waals surface area contributed by atoms with Crippen molar-refractivity contribution in [2.45, 2.75) is 12.4 Å². The summed E-state index contributed by atoms with van der Waals surface area (Å²) in [5.41, 5.74) is 1.32. The van der Waals surface area contributed by atoms with E-state index in [4.69, 9.17) is 27.9 Å². The SMILES string of the molecule is CS(=O)(=O)Cc1cccc(C(=O)OCc2c(Cl)cccc2Cl)c1. The van der Waals surface area contributed by atoms with Crippen LogP contribution in [0.1, 0.15) is 21.5 Å². The number of benzene rings is 2. The van der Waals surface area contributed by atoms with E-state index >= 15 is 0 Å².